The monoisotopic (exact) mass is 319 g/mol. The average Bonchev–Trinajstić information content (AvgIpc) is 2.99. The van der Waals surface area contributed by atoms with Crippen LogP contribution in [0.25, 0.3) is 0 Å². The topological polar surface area (TPSA) is 65.0 Å². The van der Waals surface area contributed by atoms with Crippen LogP contribution in [-0.4, -0.2) is 60.9 Å². The summed E-state index contributed by atoms with van der Waals surface area (Å²) in [6.07, 6.45) is 0.928. The molecule has 6 heteroatoms. The van der Waals surface area contributed by atoms with Gasteiger partial charge in [-0.1, -0.05) is 6.07 Å². The molecule has 1 saturated heterocycles. The quantitative estimate of drug-likeness (QED) is 0.888. The third kappa shape index (κ3) is 3.76. The van der Waals surface area contributed by atoms with Crippen molar-refractivity contribution < 1.29 is 14.6 Å². The summed E-state index contributed by atoms with van der Waals surface area (Å²) in [7, 11) is 4.12. The number of nitrogens with zero attached hydrogens (tertiary/aromatic N) is 2. The molecule has 1 aromatic rings. The summed E-state index contributed by atoms with van der Waals surface area (Å²) in [5.41, 5.74) is 4.72. The Balaban J connectivity index is 1.90. The van der Waals surface area contributed by atoms with Crippen LogP contribution in [0.15, 0.2) is 12.1 Å². The molecular formula is C17H25N3O3. The van der Waals surface area contributed by atoms with E-state index in [9.17, 15) is 9.90 Å². The Morgan fingerprint density at radius 1 is 1.48 bits per heavy atom. The number of benzene rings is 1. The fourth-order valence-electron chi connectivity index (χ4n) is 3.35. The summed E-state index contributed by atoms with van der Waals surface area (Å²) in [6, 6.07) is 4.71. The Hall–Kier alpha value is -1.79. The molecule has 1 unspecified atom stereocenters. The first-order valence-corrected chi connectivity index (χ1v) is 8.14. The van der Waals surface area contributed by atoms with Gasteiger partial charge in [0.15, 0.2) is 0 Å². The molecule has 2 heterocycles. The van der Waals surface area contributed by atoms with Crippen LogP contribution in [0.1, 0.15) is 23.1 Å². The fourth-order valence-corrected chi connectivity index (χ4v) is 3.35. The van der Waals surface area contributed by atoms with Crippen molar-refractivity contribution in [1.82, 2.24) is 9.80 Å². The minimum atomic E-state index is -0.844. The Morgan fingerprint density at radius 2 is 2.30 bits per heavy atom. The Bertz CT molecular complexity index is 583. The zero-order valence-electron chi connectivity index (χ0n) is 13.8. The maximum atomic E-state index is 11.3. The van der Waals surface area contributed by atoms with Crippen molar-refractivity contribution >= 4 is 11.8 Å². The number of amides is 1. The third-order valence-electron chi connectivity index (χ3n) is 4.46. The average molecular weight is 319 g/mol. The van der Waals surface area contributed by atoms with Gasteiger partial charge in [-0.05, 0) is 49.7 Å². The van der Waals surface area contributed by atoms with Crippen LogP contribution in [0.5, 0.6) is 0 Å². The van der Waals surface area contributed by atoms with Gasteiger partial charge in [0.05, 0.1) is 19.2 Å². The molecule has 0 saturated carbocycles. The van der Waals surface area contributed by atoms with E-state index < -0.39 is 6.09 Å². The Kier molecular flexibility index (Phi) is 4.73. The van der Waals surface area contributed by atoms with Gasteiger partial charge in [-0.15, -0.1) is 0 Å². The molecule has 0 spiro atoms. The lowest BCUT2D eigenvalue weighted by molar-refractivity contribution is 0.140. The van der Waals surface area contributed by atoms with E-state index >= 15 is 0 Å². The number of hydrogen-bond acceptors (Lipinski definition) is 4. The number of fused-ring (bicyclic) bond motifs is 1. The van der Waals surface area contributed by atoms with E-state index in [1.807, 2.05) is 0 Å². The van der Waals surface area contributed by atoms with Crippen molar-refractivity contribution in [2.24, 2.45) is 0 Å². The van der Waals surface area contributed by atoms with Crippen LogP contribution >= 0.6 is 0 Å². The number of nitrogens with one attached hydrogen (secondary N) is 1. The van der Waals surface area contributed by atoms with Crippen LogP contribution in [0, 0.1) is 0 Å². The van der Waals surface area contributed by atoms with E-state index in [1.165, 1.54) is 16.0 Å². The zero-order valence-corrected chi connectivity index (χ0v) is 13.8. The number of hydrogen-bond donors (Lipinski definition) is 2. The normalized spacial score (nSPS) is 20.7. The first kappa shape index (κ1) is 16.1. The minimum absolute atomic E-state index is 0.314. The third-order valence-corrected chi connectivity index (χ3v) is 4.46. The zero-order chi connectivity index (χ0) is 16.4. The lowest BCUT2D eigenvalue weighted by Gasteiger charge is -2.30. The highest BCUT2D eigenvalue weighted by Gasteiger charge is 2.25. The largest absolute Gasteiger partial charge is 0.465 e. The van der Waals surface area contributed by atoms with Gasteiger partial charge in [0.25, 0.3) is 0 Å². The molecular weight excluding hydrogens is 294 g/mol. The molecule has 23 heavy (non-hydrogen) atoms. The van der Waals surface area contributed by atoms with Gasteiger partial charge in [0.1, 0.15) is 0 Å². The lowest BCUT2D eigenvalue weighted by atomic mass is 9.94. The molecule has 0 bridgehead atoms. The van der Waals surface area contributed by atoms with Crippen molar-refractivity contribution in [3.05, 3.63) is 28.8 Å². The van der Waals surface area contributed by atoms with Crippen LogP contribution in [0.2, 0.25) is 0 Å². The van der Waals surface area contributed by atoms with Gasteiger partial charge in [-0.25, -0.2) is 4.79 Å². The molecule has 0 aromatic heterocycles. The van der Waals surface area contributed by atoms with Crippen molar-refractivity contribution in [2.45, 2.75) is 32.0 Å². The van der Waals surface area contributed by atoms with E-state index in [4.69, 9.17) is 4.74 Å². The molecule has 2 aliphatic heterocycles. The second-order valence-electron chi connectivity index (χ2n) is 6.68. The molecule has 3 rings (SSSR count). The van der Waals surface area contributed by atoms with Gasteiger partial charge in [0.2, 0.25) is 0 Å². The highest BCUT2D eigenvalue weighted by atomic mass is 16.5. The van der Waals surface area contributed by atoms with Crippen molar-refractivity contribution in [1.29, 1.82) is 0 Å². The highest BCUT2D eigenvalue weighted by molar-refractivity contribution is 5.67. The van der Waals surface area contributed by atoms with E-state index in [0.29, 0.717) is 19.1 Å². The van der Waals surface area contributed by atoms with E-state index in [-0.39, 0.29) is 0 Å². The van der Waals surface area contributed by atoms with Gasteiger partial charge >= 0.3 is 6.09 Å². The van der Waals surface area contributed by atoms with E-state index in [0.717, 1.165) is 43.9 Å². The smallest absolute Gasteiger partial charge is 0.407 e. The minimum Gasteiger partial charge on any atom is -0.465 e. The summed E-state index contributed by atoms with van der Waals surface area (Å²) >= 11 is 0. The maximum Gasteiger partial charge on any atom is 0.407 e. The Labute approximate surface area is 137 Å². The highest BCUT2D eigenvalue weighted by Crippen LogP contribution is 2.30. The first-order chi connectivity index (χ1) is 11.0. The molecule has 126 valence electrons. The van der Waals surface area contributed by atoms with E-state index in [1.54, 1.807) is 0 Å². The maximum absolute atomic E-state index is 11.3. The first-order valence-electron chi connectivity index (χ1n) is 8.14. The predicted molar refractivity (Wildman–Crippen MR) is 88.8 cm³/mol. The molecule has 6 nitrogen and oxygen atoms in total. The molecule has 0 radical (unpaired) electrons. The van der Waals surface area contributed by atoms with Gasteiger partial charge in [-0.3, -0.25) is 0 Å². The van der Waals surface area contributed by atoms with Crippen LogP contribution in [0.4, 0.5) is 10.5 Å². The molecule has 1 atom stereocenters. The molecule has 0 aliphatic carbocycles. The standard InChI is InChI=1S/C17H25N3O3/c1-19(2)9-12-7-13-3-5-20(17(21)22)10-15(13)16(8-12)18-14-4-6-23-11-14/h7-8,14,18H,3-6,9-11H2,1-2H3,(H,21,22). The second-order valence-corrected chi connectivity index (χ2v) is 6.68. The van der Waals surface area contributed by atoms with Crippen LogP contribution in [0.3, 0.4) is 0 Å². The number of rotatable bonds is 4. The molecule has 1 amide bonds. The van der Waals surface area contributed by atoms with Crippen molar-refractivity contribution in [3.63, 3.8) is 0 Å². The molecule has 2 N–H and O–H groups in total. The number of anilines is 1. The van der Waals surface area contributed by atoms with Gasteiger partial charge in [-0.2, -0.15) is 0 Å². The summed E-state index contributed by atoms with van der Waals surface area (Å²) < 4.78 is 5.45. The summed E-state index contributed by atoms with van der Waals surface area (Å²) in [6.45, 7) is 3.42. The second kappa shape index (κ2) is 6.76. The molecule has 1 aromatic carbocycles. The summed E-state index contributed by atoms with van der Waals surface area (Å²) in [5.74, 6) is 0. The Morgan fingerprint density at radius 3 is 2.96 bits per heavy atom. The van der Waals surface area contributed by atoms with Crippen molar-refractivity contribution in [3.8, 4) is 0 Å². The summed E-state index contributed by atoms with van der Waals surface area (Å²) in [4.78, 5) is 15.0. The number of carbonyl (C=O) groups is 1. The number of ether oxygens (including phenoxy) is 1. The van der Waals surface area contributed by atoms with Crippen molar-refractivity contribution in [2.75, 3.05) is 39.2 Å². The summed E-state index contributed by atoms with van der Waals surface area (Å²) in [5, 5.41) is 12.9. The van der Waals surface area contributed by atoms with Crippen LogP contribution in [-0.2, 0) is 24.2 Å². The molecule has 1 fully saturated rings. The van der Waals surface area contributed by atoms with Crippen LogP contribution < -0.4 is 5.32 Å². The number of carboxylic acid groups (broad SMARTS) is 1. The van der Waals surface area contributed by atoms with Gasteiger partial charge < -0.3 is 25.0 Å². The van der Waals surface area contributed by atoms with Gasteiger partial charge in [0, 0.05) is 25.4 Å². The van der Waals surface area contributed by atoms with E-state index in [2.05, 4.69) is 36.4 Å². The predicted octanol–water partition coefficient (Wildman–Crippen LogP) is 1.99. The SMILES string of the molecule is CN(C)Cc1cc2c(c(NC3CCOC3)c1)CN(C(=O)O)CC2. The fraction of sp³-hybridized carbons (Fsp3) is 0.588. The lowest BCUT2D eigenvalue weighted by Crippen LogP contribution is -2.35. The molecule has 2 aliphatic rings.